The minimum absolute atomic E-state index is 0.388. The predicted molar refractivity (Wildman–Crippen MR) is 48.6 cm³/mol. The van der Waals surface area contributed by atoms with E-state index >= 15 is 0 Å². The van der Waals surface area contributed by atoms with Crippen LogP contribution in [-0.4, -0.2) is 9.78 Å². The number of hydrogen-bond acceptors (Lipinski definition) is 1. The Bertz CT molecular complexity index is 276. The molecule has 1 rings (SSSR count). The summed E-state index contributed by atoms with van der Waals surface area (Å²) in [7, 11) is 1.98. The largest absolute Gasteiger partial charge is 0.351 e. The Morgan fingerprint density at radius 2 is 2.08 bits per heavy atom. The van der Waals surface area contributed by atoms with Gasteiger partial charge >= 0.3 is 0 Å². The van der Waals surface area contributed by atoms with Crippen LogP contribution < -0.4 is 5.73 Å². The molecule has 1 heterocycles. The average Bonchev–Trinajstić information content (AvgIpc) is 2.26. The van der Waals surface area contributed by atoms with Crippen LogP contribution in [0.3, 0.4) is 0 Å². The molecule has 68 valence electrons. The third-order valence-electron chi connectivity index (χ3n) is 2.47. The first-order valence-electron chi connectivity index (χ1n) is 4.41. The fourth-order valence-electron chi connectivity index (χ4n) is 1.58. The normalized spacial score (nSPS) is 13.4. The minimum atomic E-state index is 0.388. The van der Waals surface area contributed by atoms with Crippen molar-refractivity contribution in [3.05, 3.63) is 17.0 Å². The summed E-state index contributed by atoms with van der Waals surface area (Å²) in [6.45, 7) is 6.31. The lowest BCUT2D eigenvalue weighted by atomic mass is 10.0. The summed E-state index contributed by atoms with van der Waals surface area (Å²) in [5.41, 5.74) is 7.79. The smallest absolute Gasteiger partial charge is 0.113 e. The average molecular weight is 168 g/mol. The van der Waals surface area contributed by atoms with Crippen molar-refractivity contribution in [2.45, 2.75) is 33.2 Å². The van der Waals surface area contributed by atoms with Gasteiger partial charge in [-0.3, -0.25) is 4.68 Å². The molecule has 1 aromatic heterocycles. The standard InChI is InChI=1S/C9H17N3/c1-5-8(10)9-6(2)11-12(4)7(9)3/h8H,5,10H2,1-4H3/p+1/t8-/m1/s1. The second kappa shape index (κ2) is 3.27. The summed E-state index contributed by atoms with van der Waals surface area (Å²) in [6, 6.07) is 0.388. The molecule has 3 N–H and O–H groups in total. The molecule has 1 aromatic rings. The summed E-state index contributed by atoms with van der Waals surface area (Å²) in [6.07, 6.45) is 1.08. The SMILES string of the molecule is CC[C@@H]([NH3+])c1c(C)nn(C)c1C. The highest BCUT2D eigenvalue weighted by Crippen LogP contribution is 2.19. The van der Waals surface area contributed by atoms with Gasteiger partial charge in [0.05, 0.1) is 11.3 Å². The quantitative estimate of drug-likeness (QED) is 0.695. The van der Waals surface area contributed by atoms with Crippen LogP contribution in [0.15, 0.2) is 0 Å². The first-order chi connectivity index (χ1) is 5.57. The number of nitrogens with zero attached hydrogens (tertiary/aromatic N) is 2. The van der Waals surface area contributed by atoms with Gasteiger partial charge in [-0.1, -0.05) is 6.92 Å². The molecule has 0 amide bonds. The van der Waals surface area contributed by atoms with Crippen LogP contribution in [0.2, 0.25) is 0 Å². The van der Waals surface area contributed by atoms with Crippen molar-refractivity contribution < 1.29 is 5.73 Å². The minimum Gasteiger partial charge on any atom is -0.351 e. The molecule has 0 aliphatic rings. The third kappa shape index (κ3) is 1.37. The Kier molecular flexibility index (Phi) is 2.52. The molecular formula is C9H18N3+. The lowest BCUT2D eigenvalue weighted by Gasteiger charge is -2.05. The Morgan fingerprint density at radius 1 is 1.50 bits per heavy atom. The molecule has 3 heteroatoms. The third-order valence-corrected chi connectivity index (χ3v) is 2.47. The lowest BCUT2D eigenvalue weighted by molar-refractivity contribution is -0.427. The molecule has 0 aromatic carbocycles. The van der Waals surface area contributed by atoms with Crippen molar-refractivity contribution in [3.63, 3.8) is 0 Å². The summed E-state index contributed by atoms with van der Waals surface area (Å²) >= 11 is 0. The number of aromatic nitrogens is 2. The van der Waals surface area contributed by atoms with E-state index in [9.17, 15) is 0 Å². The number of rotatable bonds is 2. The molecular weight excluding hydrogens is 150 g/mol. The van der Waals surface area contributed by atoms with E-state index in [1.165, 1.54) is 11.3 Å². The van der Waals surface area contributed by atoms with Crippen molar-refractivity contribution in [2.24, 2.45) is 7.05 Å². The van der Waals surface area contributed by atoms with Crippen LogP contribution in [0.1, 0.15) is 36.3 Å². The number of hydrogen-bond donors (Lipinski definition) is 1. The van der Waals surface area contributed by atoms with Gasteiger partial charge in [-0.25, -0.2) is 0 Å². The first kappa shape index (κ1) is 9.26. The van der Waals surface area contributed by atoms with Crippen molar-refractivity contribution in [1.82, 2.24) is 9.78 Å². The molecule has 0 saturated carbocycles. The topological polar surface area (TPSA) is 45.5 Å². The number of aryl methyl sites for hydroxylation is 2. The molecule has 0 aliphatic heterocycles. The number of quaternary nitrogens is 1. The van der Waals surface area contributed by atoms with Gasteiger partial charge < -0.3 is 5.73 Å². The molecule has 3 nitrogen and oxygen atoms in total. The highest BCUT2D eigenvalue weighted by molar-refractivity contribution is 5.26. The Morgan fingerprint density at radius 3 is 2.42 bits per heavy atom. The lowest BCUT2D eigenvalue weighted by Crippen LogP contribution is -2.53. The maximum atomic E-state index is 4.36. The van der Waals surface area contributed by atoms with E-state index in [0.29, 0.717) is 6.04 Å². The molecule has 0 unspecified atom stereocenters. The second-order valence-corrected chi connectivity index (χ2v) is 3.31. The van der Waals surface area contributed by atoms with Crippen LogP contribution in [-0.2, 0) is 7.05 Å². The van der Waals surface area contributed by atoms with E-state index in [-0.39, 0.29) is 0 Å². The zero-order valence-electron chi connectivity index (χ0n) is 8.39. The van der Waals surface area contributed by atoms with E-state index in [2.05, 4.69) is 31.6 Å². The van der Waals surface area contributed by atoms with Crippen molar-refractivity contribution in [3.8, 4) is 0 Å². The fraction of sp³-hybridized carbons (Fsp3) is 0.667. The van der Waals surface area contributed by atoms with Gasteiger partial charge in [0.25, 0.3) is 0 Å². The van der Waals surface area contributed by atoms with Gasteiger partial charge in [0.1, 0.15) is 6.04 Å². The van der Waals surface area contributed by atoms with Crippen LogP contribution in [0.25, 0.3) is 0 Å². The van der Waals surface area contributed by atoms with Crippen LogP contribution >= 0.6 is 0 Å². The van der Waals surface area contributed by atoms with Gasteiger partial charge in [0.2, 0.25) is 0 Å². The van der Waals surface area contributed by atoms with Gasteiger partial charge in [0, 0.05) is 19.2 Å². The highest BCUT2D eigenvalue weighted by Gasteiger charge is 2.17. The summed E-state index contributed by atoms with van der Waals surface area (Å²) in [5, 5.41) is 4.36. The molecule has 0 saturated heterocycles. The molecule has 0 spiro atoms. The predicted octanol–water partition coefficient (Wildman–Crippen LogP) is 0.730. The first-order valence-corrected chi connectivity index (χ1v) is 4.41. The van der Waals surface area contributed by atoms with E-state index < -0.39 is 0 Å². The molecule has 12 heavy (non-hydrogen) atoms. The van der Waals surface area contributed by atoms with Crippen molar-refractivity contribution in [1.29, 1.82) is 0 Å². The maximum Gasteiger partial charge on any atom is 0.113 e. The molecule has 0 bridgehead atoms. The van der Waals surface area contributed by atoms with Gasteiger partial charge in [-0.2, -0.15) is 5.10 Å². The summed E-state index contributed by atoms with van der Waals surface area (Å²) in [5.74, 6) is 0. The second-order valence-electron chi connectivity index (χ2n) is 3.31. The fourth-order valence-corrected chi connectivity index (χ4v) is 1.58. The van der Waals surface area contributed by atoms with Crippen molar-refractivity contribution in [2.75, 3.05) is 0 Å². The highest BCUT2D eigenvalue weighted by atomic mass is 15.3. The van der Waals surface area contributed by atoms with Crippen LogP contribution in [0.4, 0.5) is 0 Å². The molecule has 0 radical (unpaired) electrons. The summed E-state index contributed by atoms with van der Waals surface area (Å²) < 4.78 is 1.93. The van der Waals surface area contributed by atoms with Gasteiger partial charge in [-0.15, -0.1) is 0 Å². The summed E-state index contributed by atoms with van der Waals surface area (Å²) in [4.78, 5) is 0. The van der Waals surface area contributed by atoms with Crippen LogP contribution in [0.5, 0.6) is 0 Å². The Labute approximate surface area is 73.6 Å². The van der Waals surface area contributed by atoms with Crippen molar-refractivity contribution >= 4 is 0 Å². The molecule has 0 aliphatic carbocycles. The zero-order valence-corrected chi connectivity index (χ0v) is 8.39. The van der Waals surface area contributed by atoms with E-state index in [0.717, 1.165) is 12.1 Å². The monoisotopic (exact) mass is 168 g/mol. The molecule has 0 fully saturated rings. The zero-order chi connectivity index (χ0) is 9.30. The maximum absolute atomic E-state index is 4.36. The van der Waals surface area contributed by atoms with E-state index in [1.807, 2.05) is 11.7 Å². The Balaban J connectivity index is 3.13. The van der Waals surface area contributed by atoms with E-state index in [4.69, 9.17) is 0 Å². The molecule has 1 atom stereocenters. The van der Waals surface area contributed by atoms with Gasteiger partial charge in [-0.05, 0) is 13.8 Å². The Hall–Kier alpha value is -0.830. The van der Waals surface area contributed by atoms with Crippen LogP contribution in [0, 0.1) is 13.8 Å². The van der Waals surface area contributed by atoms with E-state index in [1.54, 1.807) is 0 Å². The van der Waals surface area contributed by atoms with Gasteiger partial charge in [0.15, 0.2) is 0 Å².